The van der Waals surface area contributed by atoms with Gasteiger partial charge in [-0.15, -0.1) is 0 Å². The summed E-state index contributed by atoms with van der Waals surface area (Å²) in [5, 5.41) is 0.246. The average Bonchev–Trinajstić information content (AvgIpc) is 1.77. The summed E-state index contributed by atoms with van der Waals surface area (Å²) in [7, 11) is 2.15. The summed E-state index contributed by atoms with van der Waals surface area (Å²) in [6, 6.07) is 21.2. The van der Waals surface area contributed by atoms with Crippen LogP contribution in [0.15, 0.2) is 124 Å². The highest BCUT2D eigenvalue weighted by Crippen LogP contribution is 2.41. The average molecular weight is 1380 g/mol. The second kappa shape index (κ2) is 29.3. The van der Waals surface area contributed by atoms with Crippen LogP contribution < -0.4 is 33.8 Å². The Morgan fingerprint density at radius 3 is 1.43 bits per heavy atom. The van der Waals surface area contributed by atoms with Gasteiger partial charge in [-0.1, -0.05) is 0 Å². The largest absolute Gasteiger partial charge is 0.475 e. The smallest absolute Gasteiger partial charge is 0.222 e. The topological polar surface area (TPSA) is 263 Å². The first-order valence-corrected chi connectivity index (χ1v) is 34.2. The Balaban J connectivity index is 0.000000115. The van der Waals surface area contributed by atoms with Crippen LogP contribution in [0.5, 0.6) is 17.6 Å². The van der Waals surface area contributed by atoms with Crippen molar-refractivity contribution in [1.82, 2.24) is 59.7 Å². The number of fused-ring (bicyclic) bond motifs is 4. The maximum atomic E-state index is 8.07. The number of ether oxygens (including phenoxy) is 6. The molecule has 0 N–H and O–H groups in total. The third-order valence-corrected chi connectivity index (χ3v) is 18.9. The molecule has 8 aromatic rings. The fourth-order valence-electron chi connectivity index (χ4n) is 12.5. The van der Waals surface area contributed by atoms with Crippen molar-refractivity contribution in [2.45, 2.75) is 96.7 Å². The standard InChI is InChI=1S/C20H24N6O.C19H21N5O2.C19H22N4O2.C15H14ClN5O/c1-20(5-6-20)27-17-4-3-14-12-21-19(18(14)24-17)15-11-16(23-13-22-15)26-9-7-25(2)8-10-26;1-19(4-5-19)26-16-3-2-13-11-20-18(17(13)23-16)14-10-15(22-12-21-14)24-6-8-25-9-7-24;1-13(2)25-18-10-16-15(11-21-18)12-22-19(16)14-3-4-20-17(9-14)23-5-7-24-8-6-23;16-15-19-9-11-8-18-13(14(11)20-15)10-1-2-17-12(7-10)21-3-5-22-6-4-21/h3-4,11,13H,5-10,12H2,1-2H3;2-3,10,12H,4-9,11H2,1H3;3-4,9-11,13H,5-8,12H2,1-2H3;1-2,7,9H,3-6,8H2/i;;1D3,2D3,13D;. The second-order valence-electron chi connectivity index (χ2n) is 26.1. The van der Waals surface area contributed by atoms with Gasteiger partial charge in [0, 0.05) is 168 Å². The van der Waals surface area contributed by atoms with E-state index >= 15 is 0 Å². The number of aliphatic imine (C=N–C) groups is 4. The zero-order chi connectivity index (χ0) is 74.1. The molecule has 27 heteroatoms. The third-order valence-electron chi connectivity index (χ3n) is 18.7. The number of hydrogen-bond donors (Lipinski definition) is 0. The monoisotopic (exact) mass is 1380 g/mol. The number of hydrogen-bond acceptors (Lipinski definition) is 26. The van der Waals surface area contributed by atoms with Crippen molar-refractivity contribution in [3.05, 3.63) is 177 Å². The van der Waals surface area contributed by atoms with Crippen molar-refractivity contribution >= 4 is 57.7 Å². The van der Waals surface area contributed by atoms with Crippen LogP contribution in [-0.4, -0.2) is 212 Å². The first kappa shape index (κ1) is 58.2. The number of morpholine rings is 3. The van der Waals surface area contributed by atoms with E-state index in [0.29, 0.717) is 62.4 Å². The molecule has 0 radical (unpaired) electrons. The number of pyridine rings is 5. The van der Waals surface area contributed by atoms with Gasteiger partial charge in [-0.3, -0.25) is 20.0 Å². The summed E-state index contributed by atoms with van der Waals surface area (Å²) in [5.74, 6) is 4.69. The lowest BCUT2D eigenvalue weighted by Gasteiger charge is -2.33. The Kier molecular flexibility index (Phi) is 17.1. The van der Waals surface area contributed by atoms with Gasteiger partial charge in [0.25, 0.3) is 0 Å². The van der Waals surface area contributed by atoms with Gasteiger partial charge in [0.1, 0.15) is 58.6 Å². The summed E-state index contributed by atoms with van der Waals surface area (Å²) in [6.07, 6.45) is 11.1. The highest BCUT2D eigenvalue weighted by atomic mass is 35.5. The van der Waals surface area contributed by atoms with Crippen molar-refractivity contribution < 1.29 is 38.0 Å². The minimum absolute atomic E-state index is 0.0410. The Labute approximate surface area is 596 Å². The fraction of sp³-hybridized carbons (Fsp3) is 0.438. The quantitative estimate of drug-likeness (QED) is 0.0932. The van der Waals surface area contributed by atoms with Gasteiger partial charge in [0.2, 0.25) is 22.9 Å². The van der Waals surface area contributed by atoms with Crippen LogP contribution in [-0.2, 0) is 40.4 Å². The summed E-state index contributed by atoms with van der Waals surface area (Å²) in [5.41, 5.74) is 13.8. The molecule has 0 bridgehead atoms. The lowest BCUT2D eigenvalue weighted by molar-refractivity contribution is 0.122. The van der Waals surface area contributed by atoms with Gasteiger partial charge in [0.15, 0.2) is 0 Å². The second-order valence-corrected chi connectivity index (χ2v) is 26.5. The van der Waals surface area contributed by atoms with Gasteiger partial charge in [-0.05, 0) is 108 Å². The van der Waals surface area contributed by atoms with E-state index in [1.165, 1.54) is 12.3 Å². The van der Waals surface area contributed by atoms with Crippen LogP contribution in [0.1, 0.15) is 130 Å². The molecule has 2 aliphatic carbocycles. The summed E-state index contributed by atoms with van der Waals surface area (Å²) < 4.78 is 86.7. The molecular formula is C73H81ClN20O6. The zero-order valence-corrected chi connectivity index (χ0v) is 56.8. The first-order chi connectivity index (χ1) is 51.6. The molecule has 8 aromatic heterocycles. The summed E-state index contributed by atoms with van der Waals surface area (Å²) in [4.78, 5) is 78.3. The molecule has 0 aromatic carbocycles. The molecule has 16 heterocycles. The number of rotatable bonds is 14. The van der Waals surface area contributed by atoms with Crippen LogP contribution in [0.25, 0.3) is 0 Å². The number of anilines is 4. The molecule has 0 unspecified atom stereocenters. The summed E-state index contributed by atoms with van der Waals surface area (Å²) >= 11 is 5.92. The predicted octanol–water partition coefficient (Wildman–Crippen LogP) is 8.06. The Hall–Kier alpha value is -9.60. The number of halogens is 1. The first-order valence-electron chi connectivity index (χ1n) is 37.4. The van der Waals surface area contributed by atoms with E-state index in [9.17, 15) is 0 Å². The lowest BCUT2D eigenvalue weighted by atomic mass is 10.0. The van der Waals surface area contributed by atoms with Crippen LogP contribution >= 0.6 is 11.6 Å². The van der Waals surface area contributed by atoms with Crippen molar-refractivity contribution in [2.75, 3.05) is 132 Å². The SMILES string of the molecule is CC1(Oc2ccc3c(n2)C(c2cc(N4CCOCC4)ncn2)=NC3)CC1.CN1CCN(c2cc(C3=NCc4ccc(OC5(C)CC5)nc43)ncn2)CC1.Clc1ncc2c(n1)C(c1ccnc(N3CCOCC3)c1)=NC2.[2H]C([2H])([2H])C([2H])(Oc1cc2c(cn1)CN=C2c1ccnc(N2CCOCC2)c1)C([2H])([2H])[2H]. The highest BCUT2D eigenvalue weighted by molar-refractivity contribution is 6.28. The Bertz CT molecular complexity index is 4720. The van der Waals surface area contributed by atoms with Gasteiger partial charge in [-0.25, -0.2) is 54.8 Å². The molecule has 2 saturated carbocycles. The zero-order valence-electron chi connectivity index (χ0n) is 63.1. The van der Waals surface area contributed by atoms with Gasteiger partial charge >= 0.3 is 0 Å². The lowest BCUT2D eigenvalue weighted by Crippen LogP contribution is -2.44. The van der Waals surface area contributed by atoms with E-state index in [1.807, 2.05) is 48.7 Å². The summed E-state index contributed by atoms with van der Waals surface area (Å²) in [6.45, 7) is 13.1. The molecule has 0 spiro atoms. The number of likely N-dealkylation sites (N-methyl/N-ethyl adjacent to an activating group) is 1. The molecule has 6 fully saturated rings. The third kappa shape index (κ3) is 15.5. The van der Waals surface area contributed by atoms with E-state index < -0.39 is 19.8 Å². The van der Waals surface area contributed by atoms with Gasteiger partial charge in [-0.2, -0.15) is 0 Å². The molecular weight excluding hydrogens is 1290 g/mol. The van der Waals surface area contributed by atoms with Crippen LogP contribution in [0, 0.1) is 0 Å². The number of piperazine rings is 1. The van der Waals surface area contributed by atoms with Crippen molar-refractivity contribution in [1.29, 1.82) is 0 Å². The van der Waals surface area contributed by atoms with E-state index in [-0.39, 0.29) is 22.4 Å². The molecule has 18 rings (SSSR count). The van der Waals surface area contributed by atoms with Crippen molar-refractivity contribution in [3.8, 4) is 17.6 Å². The van der Waals surface area contributed by atoms with Crippen molar-refractivity contribution in [2.24, 2.45) is 20.0 Å². The fourth-order valence-corrected chi connectivity index (χ4v) is 12.6. The van der Waals surface area contributed by atoms with Crippen LogP contribution in [0.4, 0.5) is 23.3 Å². The molecule has 100 heavy (non-hydrogen) atoms. The molecule has 8 aliphatic heterocycles. The molecule has 10 aliphatic rings. The minimum Gasteiger partial charge on any atom is -0.475 e. The maximum Gasteiger partial charge on any atom is 0.222 e. The number of aromatic nitrogens is 11. The van der Waals surface area contributed by atoms with Crippen LogP contribution in [0.3, 0.4) is 0 Å². The van der Waals surface area contributed by atoms with E-state index in [1.54, 1.807) is 25.0 Å². The molecule has 26 nitrogen and oxygen atoms in total. The Morgan fingerprint density at radius 1 is 0.460 bits per heavy atom. The van der Waals surface area contributed by atoms with Crippen molar-refractivity contribution in [3.63, 3.8) is 0 Å². The normalized spacial score (nSPS) is 20.4. The van der Waals surface area contributed by atoms with Gasteiger partial charge in [0.05, 0.1) is 113 Å². The molecule has 4 saturated heterocycles. The van der Waals surface area contributed by atoms with E-state index in [4.69, 9.17) is 64.6 Å². The molecule has 0 amide bonds. The highest BCUT2D eigenvalue weighted by Gasteiger charge is 2.42. The minimum atomic E-state index is -3.21. The predicted molar refractivity (Wildman–Crippen MR) is 381 cm³/mol. The van der Waals surface area contributed by atoms with E-state index in [2.05, 4.69) is 123 Å². The van der Waals surface area contributed by atoms with E-state index in [0.717, 1.165) is 220 Å². The maximum absolute atomic E-state index is 8.07. The Morgan fingerprint density at radius 2 is 0.910 bits per heavy atom. The molecule has 0 atom stereocenters. The number of nitrogens with zero attached hydrogens (tertiary/aromatic N) is 20. The van der Waals surface area contributed by atoms with Gasteiger partial charge < -0.3 is 52.9 Å². The molecule has 516 valence electrons. The van der Waals surface area contributed by atoms with Crippen LogP contribution in [0.2, 0.25) is 5.28 Å².